The van der Waals surface area contributed by atoms with Gasteiger partial charge in [-0.05, 0) is 24.6 Å². The zero-order valence-corrected chi connectivity index (χ0v) is 12.2. The summed E-state index contributed by atoms with van der Waals surface area (Å²) in [5.74, 6) is 0.537. The predicted molar refractivity (Wildman–Crippen MR) is 84.6 cm³/mol. The Morgan fingerprint density at radius 1 is 1.23 bits per heavy atom. The van der Waals surface area contributed by atoms with E-state index in [0.29, 0.717) is 11.4 Å². The first-order valence-electron chi connectivity index (χ1n) is 6.91. The van der Waals surface area contributed by atoms with Crippen LogP contribution in [-0.4, -0.2) is 12.6 Å². The maximum Gasteiger partial charge on any atom is 0.319 e. The van der Waals surface area contributed by atoms with Crippen molar-refractivity contribution in [1.82, 2.24) is 5.32 Å². The molecule has 2 rings (SSSR count). The lowest BCUT2D eigenvalue weighted by Crippen LogP contribution is -2.31. The van der Waals surface area contributed by atoms with Gasteiger partial charge in [0.05, 0.1) is 6.04 Å². The van der Waals surface area contributed by atoms with Crippen LogP contribution >= 0.6 is 0 Å². The van der Waals surface area contributed by atoms with Gasteiger partial charge in [0.15, 0.2) is 6.61 Å². The molecule has 0 bridgehead atoms. The molecule has 0 aliphatic carbocycles. The molecule has 2 aromatic rings. The molecule has 0 saturated carbocycles. The maximum absolute atomic E-state index is 12.0. The Labute approximate surface area is 129 Å². The molecule has 0 spiro atoms. The molecule has 2 aromatic carbocycles. The van der Waals surface area contributed by atoms with Gasteiger partial charge in [0, 0.05) is 11.8 Å². The van der Waals surface area contributed by atoms with Crippen LogP contribution in [0.1, 0.15) is 18.5 Å². The van der Waals surface area contributed by atoms with E-state index in [9.17, 15) is 4.79 Å². The first-order chi connectivity index (χ1) is 10.7. The van der Waals surface area contributed by atoms with Gasteiger partial charge < -0.3 is 15.4 Å². The van der Waals surface area contributed by atoms with E-state index in [1.807, 2.05) is 43.3 Å². The van der Waals surface area contributed by atoms with Crippen LogP contribution in [0.5, 0.6) is 5.75 Å². The molecule has 22 heavy (non-hydrogen) atoms. The van der Waals surface area contributed by atoms with E-state index in [2.05, 4.69) is 10.6 Å². The van der Waals surface area contributed by atoms with Gasteiger partial charge >= 0.3 is 6.03 Å². The lowest BCUT2D eigenvalue weighted by Gasteiger charge is -2.15. The fourth-order valence-corrected chi connectivity index (χ4v) is 1.97. The van der Waals surface area contributed by atoms with Crippen LogP contribution < -0.4 is 15.4 Å². The van der Waals surface area contributed by atoms with Crippen molar-refractivity contribution in [3.8, 4) is 11.8 Å². The Morgan fingerprint density at radius 3 is 2.73 bits per heavy atom. The van der Waals surface area contributed by atoms with Crippen LogP contribution in [0.4, 0.5) is 10.5 Å². The Bertz CT molecular complexity index is 665. The summed E-state index contributed by atoms with van der Waals surface area (Å²) in [7, 11) is 0. The zero-order valence-electron chi connectivity index (χ0n) is 12.2. The molecule has 0 radical (unpaired) electrons. The van der Waals surface area contributed by atoms with Crippen molar-refractivity contribution in [2.45, 2.75) is 13.0 Å². The molecule has 112 valence electrons. The summed E-state index contributed by atoms with van der Waals surface area (Å²) < 4.78 is 5.19. The molecule has 5 heteroatoms. The second kappa shape index (κ2) is 7.70. The Kier molecular flexibility index (Phi) is 5.38. The largest absolute Gasteiger partial charge is 0.479 e. The van der Waals surface area contributed by atoms with E-state index in [-0.39, 0.29) is 18.7 Å². The van der Waals surface area contributed by atoms with Crippen LogP contribution in [0.25, 0.3) is 0 Å². The van der Waals surface area contributed by atoms with Crippen molar-refractivity contribution in [3.63, 3.8) is 0 Å². The summed E-state index contributed by atoms with van der Waals surface area (Å²) in [5, 5.41) is 14.1. The van der Waals surface area contributed by atoms with Crippen LogP contribution in [0.2, 0.25) is 0 Å². The van der Waals surface area contributed by atoms with Gasteiger partial charge in [-0.1, -0.05) is 36.4 Å². The van der Waals surface area contributed by atoms with Gasteiger partial charge in [0.25, 0.3) is 0 Å². The summed E-state index contributed by atoms with van der Waals surface area (Å²) in [5.41, 5.74) is 1.64. The van der Waals surface area contributed by atoms with E-state index < -0.39 is 0 Å². The molecule has 1 atom stereocenters. The van der Waals surface area contributed by atoms with Crippen molar-refractivity contribution in [2.24, 2.45) is 0 Å². The minimum absolute atomic E-state index is 0.0271. The van der Waals surface area contributed by atoms with Crippen molar-refractivity contribution in [2.75, 3.05) is 11.9 Å². The van der Waals surface area contributed by atoms with E-state index >= 15 is 0 Å². The first-order valence-corrected chi connectivity index (χ1v) is 6.91. The minimum atomic E-state index is -0.297. The van der Waals surface area contributed by atoms with Crippen LogP contribution in [0, 0.1) is 11.3 Å². The second-order valence-corrected chi connectivity index (χ2v) is 4.71. The lowest BCUT2D eigenvalue weighted by atomic mass is 10.1. The van der Waals surface area contributed by atoms with Crippen molar-refractivity contribution < 1.29 is 9.53 Å². The number of ether oxygens (including phenoxy) is 1. The highest BCUT2D eigenvalue weighted by molar-refractivity contribution is 5.89. The molecule has 0 unspecified atom stereocenters. The van der Waals surface area contributed by atoms with Gasteiger partial charge in [-0.2, -0.15) is 5.26 Å². The smallest absolute Gasteiger partial charge is 0.319 e. The standard InChI is InChI=1S/C17H17N3O2/c1-13(14-6-3-2-4-7-14)19-17(21)20-15-8-5-9-16(12-15)22-11-10-18/h2-9,12-13H,11H2,1H3,(H2,19,20,21)/t13-/m0/s1. The second-order valence-electron chi connectivity index (χ2n) is 4.71. The number of amides is 2. The fraction of sp³-hybridized carbons (Fsp3) is 0.176. The molecular weight excluding hydrogens is 278 g/mol. The van der Waals surface area contributed by atoms with Crippen molar-refractivity contribution in [3.05, 3.63) is 60.2 Å². The Balaban J connectivity index is 1.93. The number of anilines is 1. The summed E-state index contributed by atoms with van der Waals surface area (Å²) >= 11 is 0. The average molecular weight is 295 g/mol. The van der Waals surface area contributed by atoms with Gasteiger partial charge in [0.2, 0.25) is 0 Å². The number of urea groups is 1. The van der Waals surface area contributed by atoms with E-state index in [4.69, 9.17) is 10.00 Å². The number of hydrogen-bond acceptors (Lipinski definition) is 3. The molecule has 0 aliphatic rings. The third-order valence-corrected chi connectivity index (χ3v) is 3.04. The number of carbonyl (C=O) groups is 1. The number of benzene rings is 2. The third kappa shape index (κ3) is 4.53. The SMILES string of the molecule is C[C@H](NC(=O)Nc1cccc(OCC#N)c1)c1ccccc1. The molecule has 2 N–H and O–H groups in total. The van der Waals surface area contributed by atoms with Crippen LogP contribution in [0.15, 0.2) is 54.6 Å². The van der Waals surface area contributed by atoms with E-state index in [0.717, 1.165) is 5.56 Å². The highest BCUT2D eigenvalue weighted by atomic mass is 16.5. The highest BCUT2D eigenvalue weighted by Gasteiger charge is 2.09. The number of nitriles is 1. The van der Waals surface area contributed by atoms with Gasteiger partial charge in [-0.15, -0.1) is 0 Å². The molecule has 0 aliphatic heterocycles. The van der Waals surface area contributed by atoms with Crippen LogP contribution in [0.3, 0.4) is 0 Å². The number of hydrogen-bond donors (Lipinski definition) is 2. The van der Waals surface area contributed by atoms with E-state index in [1.54, 1.807) is 24.3 Å². The van der Waals surface area contributed by atoms with Crippen molar-refractivity contribution in [1.29, 1.82) is 5.26 Å². The molecule has 0 aromatic heterocycles. The van der Waals surface area contributed by atoms with E-state index in [1.165, 1.54) is 0 Å². The Morgan fingerprint density at radius 2 is 2.00 bits per heavy atom. The van der Waals surface area contributed by atoms with Gasteiger partial charge in [-0.3, -0.25) is 0 Å². The van der Waals surface area contributed by atoms with Crippen molar-refractivity contribution >= 4 is 11.7 Å². The van der Waals surface area contributed by atoms with Gasteiger partial charge in [-0.25, -0.2) is 4.79 Å². The number of rotatable bonds is 5. The molecule has 5 nitrogen and oxygen atoms in total. The highest BCUT2D eigenvalue weighted by Crippen LogP contribution is 2.17. The third-order valence-electron chi connectivity index (χ3n) is 3.04. The predicted octanol–water partition coefficient (Wildman–Crippen LogP) is 3.47. The molecule has 2 amide bonds. The fourth-order valence-electron chi connectivity index (χ4n) is 1.97. The monoisotopic (exact) mass is 295 g/mol. The quantitative estimate of drug-likeness (QED) is 0.887. The molecular formula is C17H17N3O2. The molecule has 0 saturated heterocycles. The number of nitrogens with one attached hydrogen (secondary N) is 2. The number of carbonyl (C=O) groups excluding carboxylic acids is 1. The minimum Gasteiger partial charge on any atom is -0.479 e. The zero-order chi connectivity index (χ0) is 15.8. The summed E-state index contributed by atoms with van der Waals surface area (Å²) in [4.78, 5) is 12.0. The Hall–Kier alpha value is -3.00. The average Bonchev–Trinajstić information content (AvgIpc) is 2.54. The topological polar surface area (TPSA) is 74.2 Å². The molecule has 0 heterocycles. The normalized spacial score (nSPS) is 11.1. The summed E-state index contributed by atoms with van der Waals surface area (Å²) in [6.45, 7) is 1.89. The molecule has 0 fully saturated rings. The maximum atomic E-state index is 12.0. The first kappa shape index (κ1) is 15.4. The van der Waals surface area contributed by atoms with Gasteiger partial charge in [0.1, 0.15) is 11.8 Å². The summed E-state index contributed by atoms with van der Waals surface area (Å²) in [6.07, 6.45) is 0. The number of nitrogens with zero attached hydrogens (tertiary/aromatic N) is 1. The van der Waals surface area contributed by atoms with Crippen LogP contribution in [-0.2, 0) is 0 Å². The lowest BCUT2D eigenvalue weighted by molar-refractivity contribution is 0.249. The summed E-state index contributed by atoms with van der Waals surface area (Å²) in [6, 6.07) is 18.1.